The van der Waals surface area contributed by atoms with E-state index in [-0.39, 0.29) is 29.7 Å². The average Bonchev–Trinajstić information content (AvgIpc) is 3.27. The molecule has 0 amide bonds. The number of fused-ring (bicyclic) bond motifs is 1. The lowest BCUT2D eigenvalue weighted by molar-refractivity contribution is -0.169. The predicted molar refractivity (Wildman–Crippen MR) is 142 cm³/mol. The molecule has 2 aliphatic heterocycles. The molecule has 1 aromatic rings. The number of phenolic OH excluding ortho intramolecular Hbond substituents is 1. The van der Waals surface area contributed by atoms with Crippen LogP contribution in [0.5, 0.6) is 11.5 Å². The van der Waals surface area contributed by atoms with Crippen LogP contribution in [0.15, 0.2) is 24.0 Å². The Morgan fingerprint density at radius 3 is 2.51 bits per heavy atom. The molecule has 1 saturated heterocycles. The summed E-state index contributed by atoms with van der Waals surface area (Å²) in [6.07, 6.45) is -3.00. The van der Waals surface area contributed by atoms with Gasteiger partial charge in [-0.05, 0) is 65.4 Å². The molecule has 0 radical (unpaired) electrons. The van der Waals surface area contributed by atoms with E-state index in [0.29, 0.717) is 18.5 Å². The lowest BCUT2D eigenvalue weighted by Crippen LogP contribution is -2.71. The molecule has 1 aromatic carbocycles. The number of carbonyl (C=O) groups excluding carboxylic acids is 3. The number of rotatable bonds is 9. The Balaban J connectivity index is 1.65. The van der Waals surface area contributed by atoms with Crippen molar-refractivity contribution in [1.82, 2.24) is 4.90 Å². The number of phenols is 1. The van der Waals surface area contributed by atoms with Crippen molar-refractivity contribution in [3.63, 3.8) is 0 Å². The second-order valence-corrected chi connectivity index (χ2v) is 11.4. The van der Waals surface area contributed by atoms with Crippen LogP contribution >= 0.6 is 0 Å². The van der Waals surface area contributed by atoms with E-state index in [1.54, 1.807) is 12.1 Å². The summed E-state index contributed by atoms with van der Waals surface area (Å²) in [7, 11) is 1.91. The Bertz CT molecular complexity index is 1290. The zero-order chi connectivity index (χ0) is 30.4. The number of hydrogen-bond acceptors (Lipinski definition) is 11. The van der Waals surface area contributed by atoms with Gasteiger partial charge in [0.2, 0.25) is 0 Å². The molecule has 3 aliphatic rings. The van der Waals surface area contributed by atoms with Gasteiger partial charge in [0.05, 0.1) is 23.4 Å². The molecule has 224 valence electrons. The van der Waals surface area contributed by atoms with Gasteiger partial charge >= 0.3 is 17.9 Å². The fourth-order valence-electron chi connectivity index (χ4n) is 6.35. The number of ketones is 1. The average molecular weight is 576 g/mol. The first-order chi connectivity index (χ1) is 19.1. The number of likely N-dealkylation sites (tertiary alicyclic amines) is 1. The van der Waals surface area contributed by atoms with E-state index in [0.717, 1.165) is 12.5 Å². The van der Waals surface area contributed by atoms with Crippen molar-refractivity contribution in [1.29, 1.82) is 0 Å². The van der Waals surface area contributed by atoms with E-state index in [2.05, 4.69) is 0 Å². The van der Waals surface area contributed by atoms with Crippen molar-refractivity contribution in [2.24, 2.45) is 5.92 Å². The monoisotopic (exact) mass is 575 g/mol. The zero-order valence-corrected chi connectivity index (χ0v) is 23.7. The summed E-state index contributed by atoms with van der Waals surface area (Å²) in [5.74, 6) is -5.36. The normalized spacial score (nSPS) is 29.0. The zero-order valence-electron chi connectivity index (χ0n) is 23.7. The number of aliphatic hydroxyl groups excluding tert-OH is 1. The van der Waals surface area contributed by atoms with Gasteiger partial charge in [0.1, 0.15) is 11.9 Å². The number of ether oxygens (including phenoxy) is 3. The predicted octanol–water partition coefficient (Wildman–Crippen LogP) is 1.35. The molecule has 4 N–H and O–H groups in total. The molecular formula is C29H37NO11. The van der Waals surface area contributed by atoms with Crippen molar-refractivity contribution in [3.8, 4) is 11.5 Å². The minimum absolute atomic E-state index is 0.0966. The van der Waals surface area contributed by atoms with Crippen LogP contribution in [0.4, 0.5) is 0 Å². The molecule has 1 fully saturated rings. The van der Waals surface area contributed by atoms with Crippen LogP contribution in [-0.4, -0.2) is 92.6 Å². The first-order valence-electron chi connectivity index (χ1n) is 13.6. The highest BCUT2D eigenvalue weighted by Crippen LogP contribution is 2.62. The molecule has 1 spiro atoms. The summed E-state index contributed by atoms with van der Waals surface area (Å²) < 4.78 is 16.9. The summed E-state index contributed by atoms with van der Waals surface area (Å²) in [6, 6.07) is 2.93. The first kappa shape index (κ1) is 30.5. The van der Waals surface area contributed by atoms with Crippen LogP contribution in [0, 0.1) is 12.8 Å². The molecule has 2 heterocycles. The Hall–Kier alpha value is -3.48. The van der Waals surface area contributed by atoms with Crippen LogP contribution in [-0.2, 0) is 34.1 Å². The SMILES string of the molecule is Cc1ccc(O)c2c1[C@]13CCN(C)[C@H](C)[C@]1(O)CC=C(OC(=O)C[C@H](CC(=O)[C@H](C)O)C(=O)O[C@@H](C)C(=O)O)[C@@H]3O2. The Labute approximate surface area is 237 Å². The fourth-order valence-corrected chi connectivity index (χ4v) is 6.35. The summed E-state index contributed by atoms with van der Waals surface area (Å²) in [6.45, 7) is 6.71. The molecule has 0 saturated carbocycles. The Kier molecular flexibility index (Phi) is 8.23. The number of carbonyl (C=O) groups is 4. The summed E-state index contributed by atoms with van der Waals surface area (Å²) in [4.78, 5) is 51.4. The van der Waals surface area contributed by atoms with E-state index in [1.807, 2.05) is 25.8 Å². The Morgan fingerprint density at radius 1 is 1.20 bits per heavy atom. The van der Waals surface area contributed by atoms with E-state index in [1.165, 1.54) is 13.0 Å². The number of aliphatic carboxylic acids is 1. The maximum Gasteiger partial charge on any atom is 0.344 e. The number of carboxylic acid groups (broad SMARTS) is 1. The van der Waals surface area contributed by atoms with E-state index >= 15 is 0 Å². The van der Waals surface area contributed by atoms with Gasteiger partial charge in [-0.2, -0.15) is 0 Å². The quantitative estimate of drug-likeness (QED) is 0.311. The standard InChI is InChI=1S/C29H37NO11/c1-14-6-7-19(32)24-23(14)28-10-11-30(5)17(4)29(28,38)9-8-21(25(28)41-24)40-22(34)13-18(12-20(33)15(2)31)27(37)39-16(3)26(35)36/h6-8,15-18,25,31-32,38H,9-13H2,1-5H3,(H,35,36)/t15-,16-,17+,18-,25-,28-,29+/m0/s1. The van der Waals surface area contributed by atoms with Crippen molar-refractivity contribution < 1.29 is 53.8 Å². The number of nitrogens with zero attached hydrogens (tertiary/aromatic N) is 1. The lowest BCUT2D eigenvalue weighted by Gasteiger charge is -2.58. The molecule has 41 heavy (non-hydrogen) atoms. The molecule has 12 heteroatoms. The van der Waals surface area contributed by atoms with Crippen LogP contribution in [0.1, 0.15) is 57.6 Å². The smallest absolute Gasteiger partial charge is 0.344 e. The minimum atomic E-state index is -1.52. The third-order valence-electron chi connectivity index (χ3n) is 8.86. The van der Waals surface area contributed by atoms with Gasteiger partial charge in [0, 0.05) is 24.4 Å². The summed E-state index contributed by atoms with van der Waals surface area (Å²) in [5, 5.41) is 41.7. The van der Waals surface area contributed by atoms with Crippen LogP contribution in [0.2, 0.25) is 0 Å². The molecule has 7 atom stereocenters. The van der Waals surface area contributed by atoms with Gasteiger partial charge in [-0.3, -0.25) is 14.4 Å². The largest absolute Gasteiger partial charge is 0.504 e. The van der Waals surface area contributed by atoms with Gasteiger partial charge in [0.25, 0.3) is 0 Å². The molecule has 0 bridgehead atoms. The highest BCUT2D eigenvalue weighted by Gasteiger charge is 2.69. The first-order valence-corrected chi connectivity index (χ1v) is 13.6. The lowest BCUT2D eigenvalue weighted by atomic mass is 9.54. The maximum absolute atomic E-state index is 13.2. The second-order valence-electron chi connectivity index (χ2n) is 11.4. The van der Waals surface area contributed by atoms with Gasteiger partial charge < -0.3 is 39.5 Å². The number of benzene rings is 1. The van der Waals surface area contributed by atoms with Crippen LogP contribution in [0.3, 0.4) is 0 Å². The third-order valence-corrected chi connectivity index (χ3v) is 8.86. The van der Waals surface area contributed by atoms with E-state index in [9.17, 15) is 34.5 Å². The van der Waals surface area contributed by atoms with Crippen molar-refractivity contribution >= 4 is 23.7 Å². The number of piperidine rings is 1. The second kappa shape index (κ2) is 11.1. The number of aromatic hydroxyl groups is 1. The molecule has 4 rings (SSSR count). The molecule has 12 nitrogen and oxygen atoms in total. The maximum atomic E-state index is 13.2. The Morgan fingerprint density at radius 2 is 1.88 bits per heavy atom. The van der Waals surface area contributed by atoms with Crippen LogP contribution < -0.4 is 4.74 Å². The summed E-state index contributed by atoms with van der Waals surface area (Å²) >= 11 is 0. The molecule has 0 aromatic heterocycles. The third kappa shape index (κ3) is 5.08. The van der Waals surface area contributed by atoms with E-state index in [4.69, 9.17) is 19.3 Å². The molecule has 1 aliphatic carbocycles. The summed E-state index contributed by atoms with van der Waals surface area (Å²) in [5.41, 5.74) is -0.944. The number of esters is 2. The van der Waals surface area contributed by atoms with Gasteiger partial charge in [-0.25, -0.2) is 4.79 Å². The minimum Gasteiger partial charge on any atom is -0.504 e. The highest BCUT2D eigenvalue weighted by molar-refractivity contribution is 5.90. The number of hydrogen-bond donors (Lipinski definition) is 4. The molecule has 0 unspecified atom stereocenters. The number of carboxylic acids is 1. The van der Waals surface area contributed by atoms with Gasteiger partial charge in [0.15, 0.2) is 29.5 Å². The van der Waals surface area contributed by atoms with Crippen molar-refractivity contribution in [2.75, 3.05) is 13.6 Å². The highest BCUT2D eigenvalue weighted by atomic mass is 16.6. The fraction of sp³-hybridized carbons (Fsp3) is 0.586. The van der Waals surface area contributed by atoms with Crippen LogP contribution in [0.25, 0.3) is 0 Å². The number of aliphatic hydroxyl groups is 2. The van der Waals surface area contributed by atoms with Gasteiger partial charge in [-0.15, -0.1) is 0 Å². The number of Topliss-reactive ketones (excluding diaryl/α,β-unsaturated/α-hetero) is 1. The van der Waals surface area contributed by atoms with Crippen molar-refractivity contribution in [2.45, 2.75) is 88.7 Å². The van der Waals surface area contributed by atoms with E-state index < -0.39 is 71.8 Å². The van der Waals surface area contributed by atoms with Gasteiger partial charge in [-0.1, -0.05) is 6.07 Å². The topological polar surface area (TPSA) is 180 Å². The van der Waals surface area contributed by atoms with Crippen molar-refractivity contribution in [3.05, 3.63) is 35.1 Å². The molecular weight excluding hydrogens is 538 g/mol. The number of likely N-dealkylation sites (N-methyl/N-ethyl adjacent to an activating group) is 1. The number of aryl methyl sites for hydroxylation is 1.